The smallest absolute Gasteiger partial charge is 0.255 e. The molecule has 0 radical (unpaired) electrons. The Morgan fingerprint density at radius 3 is 3.04 bits per heavy atom. The first-order valence-corrected chi connectivity index (χ1v) is 8.07. The van der Waals surface area contributed by atoms with E-state index in [1.807, 2.05) is 29.1 Å². The van der Waals surface area contributed by atoms with E-state index in [4.69, 9.17) is 4.42 Å². The summed E-state index contributed by atoms with van der Waals surface area (Å²) in [5, 5.41) is 7.60. The van der Waals surface area contributed by atoms with E-state index in [1.54, 1.807) is 19.2 Å². The number of fused-ring (bicyclic) bond motifs is 1. The summed E-state index contributed by atoms with van der Waals surface area (Å²) in [5.74, 6) is 1.33. The number of carbonyl (C=O) groups excluding carboxylic acids is 1. The van der Waals surface area contributed by atoms with Gasteiger partial charge in [0.25, 0.3) is 5.91 Å². The number of furan rings is 1. The number of amides is 1. The molecule has 0 saturated heterocycles. The molecular weight excluding hydrogens is 304 g/mol. The maximum absolute atomic E-state index is 12.5. The third kappa shape index (κ3) is 2.50. The molecule has 1 N–H and O–H groups in total. The number of carbonyl (C=O) groups is 1. The van der Waals surface area contributed by atoms with Crippen molar-refractivity contribution in [3.63, 3.8) is 0 Å². The van der Waals surface area contributed by atoms with E-state index in [-0.39, 0.29) is 11.9 Å². The van der Waals surface area contributed by atoms with Crippen LogP contribution in [0.15, 0.2) is 47.3 Å². The first-order chi connectivity index (χ1) is 11.7. The van der Waals surface area contributed by atoms with Crippen LogP contribution in [0.3, 0.4) is 0 Å². The molecule has 24 heavy (non-hydrogen) atoms. The third-order valence-electron chi connectivity index (χ3n) is 4.46. The second-order valence-corrected chi connectivity index (χ2v) is 5.96. The van der Waals surface area contributed by atoms with Gasteiger partial charge >= 0.3 is 0 Å². The molecular formula is C18H18N4O2. The van der Waals surface area contributed by atoms with E-state index >= 15 is 0 Å². The van der Waals surface area contributed by atoms with E-state index in [1.165, 1.54) is 6.26 Å². The normalized spacial score (nSPS) is 16.6. The largest absolute Gasteiger partial charge is 0.469 e. The Hall–Kier alpha value is -2.89. The first kappa shape index (κ1) is 14.7. The van der Waals surface area contributed by atoms with Crippen LogP contribution in [0.5, 0.6) is 0 Å². The summed E-state index contributed by atoms with van der Waals surface area (Å²) in [6.07, 6.45) is 7.98. The molecule has 3 aromatic rings. The van der Waals surface area contributed by atoms with Crippen molar-refractivity contribution in [3.8, 4) is 5.82 Å². The molecule has 0 saturated carbocycles. The van der Waals surface area contributed by atoms with E-state index in [9.17, 15) is 4.79 Å². The van der Waals surface area contributed by atoms with Crippen LogP contribution in [0.4, 0.5) is 0 Å². The van der Waals surface area contributed by atoms with Crippen LogP contribution in [-0.4, -0.2) is 20.7 Å². The van der Waals surface area contributed by atoms with Crippen molar-refractivity contribution in [2.75, 3.05) is 0 Å². The van der Waals surface area contributed by atoms with Gasteiger partial charge in [-0.15, -0.1) is 0 Å². The number of nitrogens with zero attached hydrogens (tertiary/aromatic N) is 3. The first-order valence-electron chi connectivity index (χ1n) is 8.07. The van der Waals surface area contributed by atoms with Gasteiger partial charge in [-0.3, -0.25) is 4.79 Å². The van der Waals surface area contributed by atoms with Crippen molar-refractivity contribution in [1.82, 2.24) is 20.1 Å². The Balaban J connectivity index is 1.62. The summed E-state index contributed by atoms with van der Waals surface area (Å²) in [5.41, 5.74) is 2.77. The lowest BCUT2D eigenvalue weighted by Crippen LogP contribution is -2.31. The number of aryl methyl sites for hydroxylation is 1. The van der Waals surface area contributed by atoms with Gasteiger partial charge in [0.1, 0.15) is 5.76 Å². The summed E-state index contributed by atoms with van der Waals surface area (Å²) in [4.78, 5) is 16.8. The van der Waals surface area contributed by atoms with E-state index in [2.05, 4.69) is 15.4 Å². The van der Waals surface area contributed by atoms with Gasteiger partial charge in [0, 0.05) is 11.8 Å². The zero-order valence-electron chi connectivity index (χ0n) is 13.4. The molecule has 0 spiro atoms. The molecule has 1 atom stereocenters. The number of nitrogens with one attached hydrogen (secondary N) is 1. The number of hydrogen-bond donors (Lipinski definition) is 1. The highest BCUT2D eigenvalue weighted by molar-refractivity contribution is 5.95. The van der Waals surface area contributed by atoms with Crippen molar-refractivity contribution in [2.24, 2.45) is 0 Å². The zero-order chi connectivity index (χ0) is 16.5. The lowest BCUT2D eigenvalue weighted by atomic mass is 9.92. The van der Waals surface area contributed by atoms with Gasteiger partial charge in [0.05, 0.1) is 29.8 Å². The number of hydrogen-bond acceptors (Lipinski definition) is 4. The second kappa shape index (κ2) is 5.96. The van der Waals surface area contributed by atoms with Crippen LogP contribution in [0.25, 0.3) is 5.82 Å². The van der Waals surface area contributed by atoms with Gasteiger partial charge in [-0.1, -0.05) is 6.07 Å². The molecule has 4 rings (SSSR count). The summed E-state index contributed by atoms with van der Waals surface area (Å²) < 4.78 is 7.09. The molecule has 6 nitrogen and oxygen atoms in total. The molecule has 1 aliphatic carbocycles. The molecule has 0 aromatic carbocycles. The molecule has 0 bridgehead atoms. The lowest BCUT2D eigenvalue weighted by molar-refractivity contribution is 0.0931. The Kier molecular flexibility index (Phi) is 3.65. The molecule has 0 fully saturated rings. The van der Waals surface area contributed by atoms with Gasteiger partial charge < -0.3 is 9.73 Å². The molecule has 1 aliphatic rings. The molecule has 0 aliphatic heterocycles. The predicted molar refractivity (Wildman–Crippen MR) is 87.9 cm³/mol. The van der Waals surface area contributed by atoms with Gasteiger partial charge in [-0.2, -0.15) is 5.10 Å². The van der Waals surface area contributed by atoms with E-state index < -0.39 is 0 Å². The Morgan fingerprint density at radius 1 is 1.38 bits per heavy atom. The van der Waals surface area contributed by atoms with Gasteiger partial charge in [0.2, 0.25) is 0 Å². The monoisotopic (exact) mass is 322 g/mol. The Morgan fingerprint density at radius 2 is 2.29 bits per heavy atom. The number of pyridine rings is 1. The average Bonchev–Trinajstić information content (AvgIpc) is 3.22. The van der Waals surface area contributed by atoms with E-state index in [0.717, 1.165) is 36.3 Å². The maximum Gasteiger partial charge on any atom is 0.255 e. The fourth-order valence-corrected chi connectivity index (χ4v) is 3.24. The van der Waals surface area contributed by atoms with Crippen molar-refractivity contribution >= 4 is 5.91 Å². The van der Waals surface area contributed by atoms with E-state index in [0.29, 0.717) is 11.3 Å². The molecule has 0 unspecified atom stereocenters. The maximum atomic E-state index is 12.5. The molecule has 6 heteroatoms. The topological polar surface area (TPSA) is 73.0 Å². The standard InChI is InChI=1S/C18H18N4O2/c1-12-13(8-10-24-12)18(23)21-15-5-4-6-16-14(15)11-20-22(16)17-7-2-3-9-19-17/h2-3,7-11,15H,4-6H2,1H3,(H,21,23)/t15-/m0/s1. The Labute approximate surface area is 139 Å². The van der Waals surface area contributed by atoms with Gasteiger partial charge in [-0.05, 0) is 44.4 Å². The Bertz CT molecular complexity index is 866. The molecule has 3 aromatic heterocycles. The van der Waals surface area contributed by atoms with Crippen molar-refractivity contribution < 1.29 is 9.21 Å². The average molecular weight is 322 g/mol. The van der Waals surface area contributed by atoms with Crippen molar-refractivity contribution in [2.45, 2.75) is 32.2 Å². The van der Waals surface area contributed by atoms with Crippen LogP contribution in [0.2, 0.25) is 0 Å². The summed E-state index contributed by atoms with van der Waals surface area (Å²) in [6.45, 7) is 1.79. The highest BCUT2D eigenvalue weighted by atomic mass is 16.3. The molecule has 1 amide bonds. The van der Waals surface area contributed by atoms with Crippen LogP contribution in [0, 0.1) is 6.92 Å². The third-order valence-corrected chi connectivity index (χ3v) is 4.46. The van der Waals surface area contributed by atoms with Crippen LogP contribution < -0.4 is 5.32 Å². The predicted octanol–water partition coefficient (Wildman–Crippen LogP) is 2.98. The minimum Gasteiger partial charge on any atom is -0.469 e. The summed E-state index contributed by atoms with van der Waals surface area (Å²) in [6, 6.07) is 7.43. The minimum atomic E-state index is -0.107. The lowest BCUT2D eigenvalue weighted by Gasteiger charge is -2.24. The zero-order valence-corrected chi connectivity index (χ0v) is 13.4. The molecule has 122 valence electrons. The fourth-order valence-electron chi connectivity index (χ4n) is 3.24. The van der Waals surface area contributed by atoms with Gasteiger partial charge in [0.15, 0.2) is 5.82 Å². The van der Waals surface area contributed by atoms with Crippen LogP contribution in [0.1, 0.15) is 46.3 Å². The van der Waals surface area contributed by atoms with Crippen LogP contribution >= 0.6 is 0 Å². The second-order valence-electron chi connectivity index (χ2n) is 5.96. The number of aromatic nitrogens is 3. The SMILES string of the molecule is Cc1occc1C(=O)N[C@H]1CCCc2c1cnn2-c1ccccn1. The fraction of sp³-hybridized carbons (Fsp3) is 0.278. The highest BCUT2D eigenvalue weighted by Crippen LogP contribution is 2.31. The highest BCUT2D eigenvalue weighted by Gasteiger charge is 2.27. The minimum absolute atomic E-state index is 0.0342. The number of rotatable bonds is 3. The van der Waals surface area contributed by atoms with Crippen molar-refractivity contribution in [1.29, 1.82) is 0 Å². The van der Waals surface area contributed by atoms with Crippen LogP contribution in [-0.2, 0) is 6.42 Å². The summed E-state index contributed by atoms with van der Waals surface area (Å²) in [7, 11) is 0. The molecule has 3 heterocycles. The van der Waals surface area contributed by atoms with Crippen molar-refractivity contribution in [3.05, 3.63) is 65.5 Å². The quantitative estimate of drug-likeness (QED) is 0.804. The summed E-state index contributed by atoms with van der Waals surface area (Å²) >= 11 is 0. The van der Waals surface area contributed by atoms with Gasteiger partial charge in [-0.25, -0.2) is 9.67 Å².